The van der Waals surface area contributed by atoms with Crippen LogP contribution in [0.4, 0.5) is 0 Å². The Morgan fingerprint density at radius 1 is 0.692 bits per heavy atom. The van der Waals surface area contributed by atoms with Crippen LogP contribution in [0.3, 0.4) is 0 Å². The molecule has 0 atom stereocenters. The quantitative estimate of drug-likeness (QED) is 0.456. The van der Waals surface area contributed by atoms with Gasteiger partial charge in [-0.05, 0) is 24.7 Å². The molecule has 0 rings (SSSR count). The summed E-state index contributed by atoms with van der Waals surface area (Å²) in [5.41, 5.74) is 0.651. The Balaban J connectivity index is 3.76. The molecule has 0 heteroatoms. The van der Waals surface area contributed by atoms with E-state index in [0.29, 0.717) is 5.41 Å². The zero-order chi connectivity index (χ0) is 10.2. The predicted molar refractivity (Wildman–Crippen MR) is 62.1 cm³/mol. The highest BCUT2D eigenvalue weighted by Gasteiger charge is 2.20. The van der Waals surface area contributed by atoms with E-state index in [-0.39, 0.29) is 0 Å². The molecule has 0 saturated carbocycles. The van der Waals surface area contributed by atoms with Crippen LogP contribution in [0.5, 0.6) is 0 Å². The Labute approximate surface area is 85.1 Å². The summed E-state index contributed by atoms with van der Waals surface area (Å²) in [7, 11) is 0. The Morgan fingerprint density at radius 2 is 1.23 bits per heavy atom. The number of hydrogen-bond acceptors (Lipinski definition) is 0. The summed E-state index contributed by atoms with van der Waals surface area (Å²) in [5.74, 6) is 0. The van der Waals surface area contributed by atoms with Gasteiger partial charge in [0.1, 0.15) is 0 Å². The Morgan fingerprint density at radius 3 is 1.62 bits per heavy atom. The standard InChI is InChI=1S/C13H28/c1-5-8-9-12-13(4,10-6-2)11-7-3/h5-12H2,1-4H3. The van der Waals surface area contributed by atoms with E-state index in [9.17, 15) is 0 Å². The molecule has 0 spiro atoms. The third-order valence-electron chi connectivity index (χ3n) is 3.09. The first-order valence-corrected chi connectivity index (χ1v) is 6.18. The summed E-state index contributed by atoms with van der Waals surface area (Å²) in [6.45, 7) is 9.40. The molecule has 0 nitrogen and oxygen atoms in total. The molecule has 0 saturated heterocycles. The summed E-state index contributed by atoms with van der Waals surface area (Å²) < 4.78 is 0. The molecule has 0 radical (unpaired) electrons. The normalized spacial score (nSPS) is 12.0. The van der Waals surface area contributed by atoms with Crippen molar-refractivity contribution in [1.82, 2.24) is 0 Å². The van der Waals surface area contributed by atoms with Gasteiger partial charge in [-0.25, -0.2) is 0 Å². The maximum absolute atomic E-state index is 2.48. The van der Waals surface area contributed by atoms with Gasteiger partial charge in [-0.1, -0.05) is 59.8 Å². The second-order valence-corrected chi connectivity index (χ2v) is 4.77. The van der Waals surface area contributed by atoms with Crippen LogP contribution in [0.2, 0.25) is 0 Å². The lowest BCUT2D eigenvalue weighted by Gasteiger charge is -2.29. The highest BCUT2D eigenvalue weighted by Crippen LogP contribution is 2.34. The van der Waals surface area contributed by atoms with Crippen molar-refractivity contribution in [2.75, 3.05) is 0 Å². The van der Waals surface area contributed by atoms with Gasteiger partial charge in [0.05, 0.1) is 0 Å². The summed E-state index contributed by atoms with van der Waals surface area (Å²) in [5, 5.41) is 0. The van der Waals surface area contributed by atoms with Crippen LogP contribution >= 0.6 is 0 Å². The Kier molecular flexibility index (Phi) is 7.41. The first-order chi connectivity index (χ1) is 6.18. The van der Waals surface area contributed by atoms with Crippen LogP contribution in [0.25, 0.3) is 0 Å². The van der Waals surface area contributed by atoms with Gasteiger partial charge in [-0.15, -0.1) is 0 Å². The monoisotopic (exact) mass is 184 g/mol. The Hall–Kier alpha value is 0. The molecule has 0 bridgehead atoms. The molecule has 0 unspecified atom stereocenters. The molecule has 0 amide bonds. The van der Waals surface area contributed by atoms with Crippen LogP contribution in [-0.4, -0.2) is 0 Å². The SMILES string of the molecule is CCCCCC(C)(CCC)CCC. The first kappa shape index (κ1) is 13.0. The van der Waals surface area contributed by atoms with E-state index in [1.807, 2.05) is 0 Å². The van der Waals surface area contributed by atoms with Crippen molar-refractivity contribution in [2.45, 2.75) is 79.1 Å². The van der Waals surface area contributed by atoms with Crippen LogP contribution in [-0.2, 0) is 0 Å². The van der Waals surface area contributed by atoms with E-state index in [2.05, 4.69) is 27.7 Å². The zero-order valence-electron chi connectivity index (χ0n) is 10.2. The second kappa shape index (κ2) is 7.41. The number of hydrogen-bond donors (Lipinski definition) is 0. The van der Waals surface area contributed by atoms with E-state index >= 15 is 0 Å². The van der Waals surface area contributed by atoms with Crippen molar-refractivity contribution in [1.29, 1.82) is 0 Å². The summed E-state index contributed by atoms with van der Waals surface area (Å²) in [6.07, 6.45) is 11.2. The van der Waals surface area contributed by atoms with Gasteiger partial charge in [-0.2, -0.15) is 0 Å². The van der Waals surface area contributed by atoms with Gasteiger partial charge >= 0.3 is 0 Å². The van der Waals surface area contributed by atoms with Crippen molar-refractivity contribution in [3.8, 4) is 0 Å². The van der Waals surface area contributed by atoms with Crippen LogP contribution in [0.1, 0.15) is 79.1 Å². The summed E-state index contributed by atoms with van der Waals surface area (Å²) >= 11 is 0. The molecule has 0 aromatic carbocycles. The largest absolute Gasteiger partial charge is 0.0654 e. The first-order valence-electron chi connectivity index (χ1n) is 6.18. The minimum atomic E-state index is 0.651. The average molecular weight is 184 g/mol. The fraction of sp³-hybridized carbons (Fsp3) is 1.00. The van der Waals surface area contributed by atoms with E-state index < -0.39 is 0 Å². The zero-order valence-corrected chi connectivity index (χ0v) is 10.2. The molecule has 80 valence electrons. The molecule has 0 N–H and O–H groups in total. The van der Waals surface area contributed by atoms with Crippen LogP contribution < -0.4 is 0 Å². The smallest absolute Gasteiger partial charge is 0.0326 e. The lowest BCUT2D eigenvalue weighted by Crippen LogP contribution is -2.15. The topological polar surface area (TPSA) is 0 Å². The van der Waals surface area contributed by atoms with Crippen molar-refractivity contribution in [2.24, 2.45) is 5.41 Å². The number of unbranched alkanes of at least 4 members (excludes halogenated alkanes) is 2. The maximum Gasteiger partial charge on any atom is -0.0326 e. The molecule has 13 heavy (non-hydrogen) atoms. The third kappa shape index (κ3) is 6.12. The van der Waals surface area contributed by atoms with Crippen LogP contribution in [0, 0.1) is 5.41 Å². The van der Waals surface area contributed by atoms with E-state index in [1.54, 1.807) is 0 Å². The lowest BCUT2D eigenvalue weighted by molar-refractivity contribution is 0.236. The minimum Gasteiger partial charge on any atom is -0.0654 e. The molecule has 0 aliphatic heterocycles. The molecule has 0 aromatic heterocycles. The van der Waals surface area contributed by atoms with Gasteiger partial charge in [0.2, 0.25) is 0 Å². The second-order valence-electron chi connectivity index (χ2n) is 4.77. The van der Waals surface area contributed by atoms with Gasteiger partial charge in [0, 0.05) is 0 Å². The van der Waals surface area contributed by atoms with E-state index in [1.165, 1.54) is 51.4 Å². The van der Waals surface area contributed by atoms with E-state index in [4.69, 9.17) is 0 Å². The molecule has 0 aliphatic rings. The summed E-state index contributed by atoms with van der Waals surface area (Å²) in [6, 6.07) is 0. The van der Waals surface area contributed by atoms with Crippen molar-refractivity contribution >= 4 is 0 Å². The molecule has 0 heterocycles. The lowest BCUT2D eigenvalue weighted by atomic mass is 9.77. The molecule has 0 aromatic rings. The van der Waals surface area contributed by atoms with Gasteiger partial charge in [-0.3, -0.25) is 0 Å². The van der Waals surface area contributed by atoms with Gasteiger partial charge in [0.15, 0.2) is 0 Å². The van der Waals surface area contributed by atoms with E-state index in [0.717, 1.165) is 0 Å². The maximum atomic E-state index is 2.48. The minimum absolute atomic E-state index is 0.651. The predicted octanol–water partition coefficient (Wildman–Crippen LogP) is 5.17. The highest BCUT2D eigenvalue weighted by atomic mass is 14.3. The summed E-state index contributed by atoms with van der Waals surface area (Å²) in [4.78, 5) is 0. The molecule has 0 aliphatic carbocycles. The van der Waals surface area contributed by atoms with Crippen molar-refractivity contribution < 1.29 is 0 Å². The van der Waals surface area contributed by atoms with Crippen molar-refractivity contribution in [3.05, 3.63) is 0 Å². The molecular formula is C13H28. The Bertz CT molecular complexity index is 98.6. The van der Waals surface area contributed by atoms with Gasteiger partial charge in [0.25, 0.3) is 0 Å². The van der Waals surface area contributed by atoms with Gasteiger partial charge < -0.3 is 0 Å². The van der Waals surface area contributed by atoms with Crippen LogP contribution in [0.15, 0.2) is 0 Å². The average Bonchev–Trinajstić information content (AvgIpc) is 2.05. The third-order valence-corrected chi connectivity index (χ3v) is 3.09. The fourth-order valence-electron chi connectivity index (χ4n) is 2.38. The fourth-order valence-corrected chi connectivity index (χ4v) is 2.38. The number of rotatable bonds is 8. The molecular weight excluding hydrogens is 156 g/mol. The molecule has 0 fully saturated rings. The van der Waals surface area contributed by atoms with Crippen molar-refractivity contribution in [3.63, 3.8) is 0 Å². The highest BCUT2D eigenvalue weighted by molar-refractivity contribution is 4.73.